The van der Waals surface area contributed by atoms with Crippen LogP contribution < -0.4 is 10.4 Å². The van der Waals surface area contributed by atoms with Crippen molar-refractivity contribution in [1.29, 1.82) is 0 Å². The van der Waals surface area contributed by atoms with Gasteiger partial charge in [-0.3, -0.25) is 4.79 Å². The van der Waals surface area contributed by atoms with E-state index in [4.69, 9.17) is 13.9 Å². The third-order valence-electron chi connectivity index (χ3n) is 8.14. The Labute approximate surface area is 233 Å². The van der Waals surface area contributed by atoms with Crippen LogP contribution >= 0.6 is 0 Å². The van der Waals surface area contributed by atoms with Crippen LogP contribution in [0.1, 0.15) is 60.8 Å². The molecule has 0 fully saturated rings. The summed E-state index contributed by atoms with van der Waals surface area (Å²) in [7, 11) is -1.50. The van der Waals surface area contributed by atoms with Crippen LogP contribution in [0.4, 0.5) is 0 Å². The molecule has 39 heavy (non-hydrogen) atoms. The molecule has 0 aliphatic heterocycles. The van der Waals surface area contributed by atoms with Crippen molar-refractivity contribution in [3.05, 3.63) is 72.3 Å². The smallest absolute Gasteiger partial charge is 0.351 e. The number of methoxy groups -OCH3 is 1. The number of benzene rings is 2. The fourth-order valence-electron chi connectivity index (χ4n) is 6.16. The molecule has 0 aromatic heterocycles. The summed E-state index contributed by atoms with van der Waals surface area (Å²) in [5.41, 5.74) is -1.47. The molecule has 0 unspecified atom stereocenters. The molecule has 3 atom stereocenters. The van der Waals surface area contributed by atoms with Crippen LogP contribution in [0.3, 0.4) is 0 Å². The second-order valence-corrected chi connectivity index (χ2v) is 16.1. The van der Waals surface area contributed by atoms with Gasteiger partial charge in [0.25, 0.3) is 8.32 Å². The van der Waals surface area contributed by atoms with Gasteiger partial charge in [-0.15, -0.1) is 0 Å². The van der Waals surface area contributed by atoms with Crippen molar-refractivity contribution in [2.24, 2.45) is 11.3 Å². The number of carbonyl (C=O) groups is 3. The van der Waals surface area contributed by atoms with Crippen molar-refractivity contribution < 1.29 is 28.3 Å². The Morgan fingerprint density at radius 2 is 1.56 bits per heavy atom. The predicted octanol–water partition coefficient (Wildman–Crippen LogP) is 4.99. The molecule has 210 valence electrons. The summed E-state index contributed by atoms with van der Waals surface area (Å²) in [4.78, 5) is 36.9. The third kappa shape index (κ3) is 5.80. The Balaban J connectivity index is 2.15. The number of hydrogen-bond donors (Lipinski definition) is 0. The first kappa shape index (κ1) is 30.5. The molecule has 6 nitrogen and oxygen atoms in total. The van der Waals surface area contributed by atoms with E-state index in [0.29, 0.717) is 13.0 Å². The van der Waals surface area contributed by atoms with Gasteiger partial charge in [-0.05, 0) is 33.3 Å². The van der Waals surface area contributed by atoms with Crippen molar-refractivity contribution >= 4 is 36.9 Å². The zero-order chi connectivity index (χ0) is 28.9. The molecule has 0 amide bonds. The highest BCUT2D eigenvalue weighted by Crippen LogP contribution is 2.51. The molecule has 0 N–H and O–H groups in total. The minimum Gasteiger partial charge on any atom is -0.466 e. The van der Waals surface area contributed by atoms with Crippen molar-refractivity contribution in [2.45, 2.75) is 71.4 Å². The molecular weight excluding hydrogens is 508 g/mol. The first-order valence-electron chi connectivity index (χ1n) is 13.5. The van der Waals surface area contributed by atoms with Crippen molar-refractivity contribution in [3.8, 4) is 0 Å². The van der Waals surface area contributed by atoms with Gasteiger partial charge in [-0.2, -0.15) is 0 Å². The number of hydrogen-bond acceptors (Lipinski definition) is 6. The van der Waals surface area contributed by atoms with E-state index in [9.17, 15) is 14.4 Å². The summed E-state index contributed by atoms with van der Waals surface area (Å²) in [5.74, 6) is -1.31. The molecule has 0 heterocycles. The number of aldehydes is 1. The Bertz CT molecular complexity index is 1150. The highest BCUT2D eigenvalue weighted by atomic mass is 28.4. The molecule has 0 radical (unpaired) electrons. The lowest BCUT2D eigenvalue weighted by atomic mass is 9.61. The quantitative estimate of drug-likeness (QED) is 0.180. The van der Waals surface area contributed by atoms with Crippen LogP contribution in [-0.2, 0) is 28.3 Å². The van der Waals surface area contributed by atoms with Crippen LogP contribution in [0.25, 0.3) is 0 Å². The lowest BCUT2D eigenvalue weighted by Gasteiger charge is -2.49. The summed E-state index contributed by atoms with van der Waals surface area (Å²) >= 11 is 0. The van der Waals surface area contributed by atoms with E-state index in [0.717, 1.165) is 11.9 Å². The van der Waals surface area contributed by atoms with Gasteiger partial charge in [0.15, 0.2) is 0 Å². The molecule has 1 aliphatic carbocycles. The average molecular weight is 551 g/mol. The summed E-state index contributed by atoms with van der Waals surface area (Å²) in [6, 6.07) is 20.9. The number of rotatable bonds is 10. The van der Waals surface area contributed by atoms with Gasteiger partial charge in [-0.1, -0.05) is 101 Å². The minimum absolute atomic E-state index is 0.133. The molecule has 0 saturated carbocycles. The highest BCUT2D eigenvalue weighted by Gasteiger charge is 2.60. The Morgan fingerprint density at radius 3 is 2.00 bits per heavy atom. The lowest BCUT2D eigenvalue weighted by molar-refractivity contribution is -0.197. The molecule has 7 heteroatoms. The Hall–Kier alpha value is -3.03. The van der Waals surface area contributed by atoms with E-state index in [1.807, 2.05) is 32.1 Å². The van der Waals surface area contributed by atoms with Crippen LogP contribution in [0.5, 0.6) is 0 Å². The van der Waals surface area contributed by atoms with E-state index in [1.54, 1.807) is 0 Å². The second kappa shape index (κ2) is 12.0. The van der Waals surface area contributed by atoms with Gasteiger partial charge in [-0.25, -0.2) is 4.79 Å². The first-order chi connectivity index (χ1) is 18.4. The lowest BCUT2D eigenvalue weighted by Crippen LogP contribution is -2.67. The van der Waals surface area contributed by atoms with Crippen LogP contribution in [0.15, 0.2) is 72.3 Å². The molecule has 0 saturated heterocycles. The SMILES string of the molecule is COC(=O)[C@]1(OC(C)=O)C[C@@H](C)C(CO[Si](c2ccccc2)(c2ccccc2)C(C)(C)C)=C[C@]1(C)CCC=O. The number of ether oxygens (including phenoxy) is 2. The van der Waals surface area contributed by atoms with E-state index in [-0.39, 0.29) is 23.8 Å². The zero-order valence-electron chi connectivity index (χ0n) is 24.3. The van der Waals surface area contributed by atoms with E-state index in [2.05, 4.69) is 69.3 Å². The van der Waals surface area contributed by atoms with Gasteiger partial charge in [0.1, 0.15) is 6.29 Å². The zero-order valence-corrected chi connectivity index (χ0v) is 25.3. The second-order valence-electron chi connectivity index (χ2n) is 11.8. The van der Waals surface area contributed by atoms with Gasteiger partial charge >= 0.3 is 11.9 Å². The number of carbonyl (C=O) groups excluding carboxylic acids is 3. The largest absolute Gasteiger partial charge is 0.466 e. The third-order valence-corrected chi connectivity index (χ3v) is 13.1. The topological polar surface area (TPSA) is 78.9 Å². The molecule has 2 aromatic carbocycles. The molecular formula is C32H42O6Si. The van der Waals surface area contributed by atoms with Crippen LogP contribution in [0, 0.1) is 11.3 Å². The van der Waals surface area contributed by atoms with Gasteiger partial charge < -0.3 is 18.7 Å². The normalized spacial score (nSPS) is 23.5. The van der Waals surface area contributed by atoms with Crippen molar-refractivity contribution in [1.82, 2.24) is 0 Å². The van der Waals surface area contributed by atoms with Crippen molar-refractivity contribution in [2.75, 3.05) is 13.7 Å². The predicted molar refractivity (Wildman–Crippen MR) is 155 cm³/mol. The molecule has 2 aromatic rings. The molecule has 0 bridgehead atoms. The monoisotopic (exact) mass is 550 g/mol. The summed E-state index contributed by atoms with van der Waals surface area (Å²) < 4.78 is 18.2. The van der Waals surface area contributed by atoms with Gasteiger partial charge in [0.05, 0.1) is 13.7 Å². The Kier molecular flexibility index (Phi) is 9.39. The standard InChI is InChI=1S/C32H42O6Si/c1-24-21-32(29(35)36-7,38-25(2)34)31(6,19-14-20-33)22-26(24)23-37-39(30(3,4)5,27-15-10-8-11-16-27)28-17-12-9-13-18-28/h8-13,15-18,20,22,24H,14,19,21,23H2,1-7H3/t24-,31+,32-/m1/s1. The van der Waals surface area contributed by atoms with Crippen molar-refractivity contribution in [3.63, 3.8) is 0 Å². The van der Waals surface area contributed by atoms with Crippen LogP contribution in [0.2, 0.25) is 5.04 Å². The Morgan fingerprint density at radius 1 is 1.03 bits per heavy atom. The van der Waals surface area contributed by atoms with Gasteiger partial charge in [0.2, 0.25) is 5.60 Å². The summed E-state index contributed by atoms with van der Waals surface area (Å²) in [6.07, 6.45) is 3.61. The fourth-order valence-corrected chi connectivity index (χ4v) is 10.7. The minimum atomic E-state index is -2.80. The maximum atomic E-state index is 13.2. The number of esters is 2. The first-order valence-corrected chi connectivity index (χ1v) is 15.5. The average Bonchev–Trinajstić information content (AvgIpc) is 2.90. The summed E-state index contributed by atoms with van der Waals surface area (Å²) in [5, 5.41) is 2.17. The molecule has 1 aliphatic rings. The van der Waals surface area contributed by atoms with E-state index >= 15 is 0 Å². The maximum absolute atomic E-state index is 13.2. The van der Waals surface area contributed by atoms with E-state index < -0.39 is 31.3 Å². The molecule has 3 rings (SSSR count). The molecule has 0 spiro atoms. The van der Waals surface area contributed by atoms with Crippen LogP contribution in [-0.4, -0.2) is 45.9 Å². The summed E-state index contributed by atoms with van der Waals surface area (Å²) in [6.45, 7) is 12.2. The maximum Gasteiger partial charge on any atom is 0.351 e. The van der Waals surface area contributed by atoms with E-state index in [1.165, 1.54) is 24.4 Å². The fraction of sp³-hybridized carbons (Fsp3) is 0.469. The van der Waals surface area contributed by atoms with Gasteiger partial charge in [0, 0.05) is 25.2 Å². The highest BCUT2D eigenvalue weighted by molar-refractivity contribution is 6.99.